The third kappa shape index (κ3) is 2.89. The zero-order chi connectivity index (χ0) is 23.4. The van der Waals surface area contributed by atoms with Crippen LogP contribution in [0.2, 0.25) is 0 Å². The number of hydrogen-bond donors (Lipinski definition) is 0. The number of aromatic nitrogens is 1. The summed E-state index contributed by atoms with van der Waals surface area (Å²) in [5, 5.41) is 0. The molecule has 0 aliphatic carbocycles. The van der Waals surface area contributed by atoms with E-state index >= 15 is 0 Å². The Morgan fingerprint density at radius 1 is 0.676 bits per heavy atom. The molecular weight excluding hydrogens is 446 g/mol. The first-order valence-electron chi connectivity index (χ1n) is 10.7. The molecule has 34 heavy (non-hydrogen) atoms. The van der Waals surface area contributed by atoms with Crippen LogP contribution in [0.3, 0.4) is 0 Å². The topological polar surface area (TPSA) is 72.7 Å². The number of hydrogen-bond acceptors (Lipinski definition) is 4. The van der Waals surface area contributed by atoms with Gasteiger partial charge in [-0.05, 0) is 48.0 Å². The molecule has 3 aromatic carbocycles. The SMILES string of the molecule is O=C1c2ccccc2S(=O)(=O)c2cc(C(=O)c3c(-c4ccccc4)cc4ccccn34)ccc21. The second-order valence-corrected chi connectivity index (χ2v) is 10.0. The molecular formula is C28H17NO4S. The van der Waals surface area contributed by atoms with Gasteiger partial charge in [0.05, 0.1) is 9.79 Å². The second-order valence-electron chi connectivity index (χ2n) is 8.14. The molecule has 0 saturated carbocycles. The molecule has 0 fully saturated rings. The average molecular weight is 464 g/mol. The third-order valence-corrected chi connectivity index (χ3v) is 8.03. The van der Waals surface area contributed by atoms with Gasteiger partial charge >= 0.3 is 0 Å². The van der Waals surface area contributed by atoms with Crippen LogP contribution in [-0.2, 0) is 9.84 Å². The monoisotopic (exact) mass is 463 g/mol. The summed E-state index contributed by atoms with van der Waals surface area (Å²) in [4.78, 5) is 26.6. The lowest BCUT2D eigenvalue weighted by molar-refractivity contribution is 0.102. The van der Waals surface area contributed by atoms with E-state index in [1.165, 1.54) is 30.3 Å². The van der Waals surface area contributed by atoms with E-state index in [1.54, 1.807) is 16.5 Å². The Kier molecular flexibility index (Phi) is 4.40. The highest BCUT2D eigenvalue weighted by molar-refractivity contribution is 7.91. The van der Waals surface area contributed by atoms with E-state index in [9.17, 15) is 18.0 Å². The summed E-state index contributed by atoms with van der Waals surface area (Å²) >= 11 is 0. The highest BCUT2D eigenvalue weighted by Crippen LogP contribution is 2.36. The maximum absolute atomic E-state index is 13.8. The van der Waals surface area contributed by atoms with Crippen LogP contribution in [-0.4, -0.2) is 24.4 Å². The van der Waals surface area contributed by atoms with Crippen molar-refractivity contribution in [2.75, 3.05) is 0 Å². The fourth-order valence-corrected chi connectivity index (χ4v) is 6.23. The van der Waals surface area contributed by atoms with E-state index in [0.717, 1.165) is 16.6 Å². The van der Waals surface area contributed by atoms with E-state index in [-0.39, 0.29) is 38.0 Å². The highest BCUT2D eigenvalue weighted by Gasteiger charge is 2.35. The summed E-state index contributed by atoms with van der Waals surface area (Å²) < 4.78 is 28.5. The Bertz CT molecular complexity index is 1750. The normalized spacial score (nSPS) is 13.9. The molecule has 0 saturated heterocycles. The van der Waals surface area contributed by atoms with Crippen molar-refractivity contribution in [3.63, 3.8) is 0 Å². The van der Waals surface area contributed by atoms with Crippen LogP contribution in [0.4, 0.5) is 0 Å². The molecule has 5 aromatic rings. The zero-order valence-electron chi connectivity index (χ0n) is 17.8. The first-order valence-corrected chi connectivity index (χ1v) is 12.2. The Balaban J connectivity index is 1.56. The molecule has 6 heteroatoms. The van der Waals surface area contributed by atoms with Crippen molar-refractivity contribution in [3.8, 4) is 11.1 Å². The summed E-state index contributed by atoms with van der Waals surface area (Å²) in [5.41, 5.74) is 3.34. The van der Waals surface area contributed by atoms with Crippen molar-refractivity contribution in [2.24, 2.45) is 0 Å². The largest absolute Gasteiger partial charge is 0.313 e. The number of benzene rings is 3. The predicted octanol–water partition coefficient (Wildman–Crippen LogP) is 5.21. The number of sulfone groups is 1. The van der Waals surface area contributed by atoms with Crippen molar-refractivity contribution in [3.05, 3.63) is 126 Å². The van der Waals surface area contributed by atoms with E-state index in [0.29, 0.717) is 5.69 Å². The second kappa shape index (κ2) is 7.37. The van der Waals surface area contributed by atoms with Gasteiger partial charge in [0.15, 0.2) is 5.78 Å². The van der Waals surface area contributed by atoms with Crippen LogP contribution in [0.25, 0.3) is 16.6 Å². The third-order valence-electron chi connectivity index (χ3n) is 6.18. The summed E-state index contributed by atoms with van der Waals surface area (Å²) in [5.74, 6) is -0.688. The van der Waals surface area contributed by atoms with Gasteiger partial charge in [0.1, 0.15) is 5.69 Å². The molecule has 164 valence electrons. The quantitative estimate of drug-likeness (QED) is 0.338. The fraction of sp³-hybridized carbons (Fsp3) is 0. The number of nitrogens with zero attached hydrogens (tertiary/aromatic N) is 1. The summed E-state index contributed by atoms with van der Waals surface area (Å²) in [6, 6.07) is 27.6. The van der Waals surface area contributed by atoms with Gasteiger partial charge in [0.25, 0.3) is 0 Å². The van der Waals surface area contributed by atoms with Gasteiger partial charge in [-0.2, -0.15) is 0 Å². The highest BCUT2D eigenvalue weighted by atomic mass is 32.2. The Morgan fingerprint density at radius 3 is 2.21 bits per heavy atom. The minimum atomic E-state index is -3.94. The van der Waals surface area contributed by atoms with Crippen LogP contribution < -0.4 is 0 Å². The van der Waals surface area contributed by atoms with Crippen molar-refractivity contribution in [1.82, 2.24) is 4.40 Å². The van der Waals surface area contributed by atoms with Crippen molar-refractivity contribution in [2.45, 2.75) is 9.79 Å². The Labute approximate surface area is 195 Å². The first kappa shape index (κ1) is 20.3. The average Bonchev–Trinajstić information content (AvgIpc) is 3.27. The molecule has 2 aromatic heterocycles. The lowest BCUT2D eigenvalue weighted by Crippen LogP contribution is -2.21. The minimum absolute atomic E-state index is 0.0322. The standard InChI is InChI=1S/C28H17NO4S/c30-27(26-23(18-8-2-1-3-9-18)17-20-10-6-7-15-29(20)26)19-13-14-22-25(16-19)34(32,33)24-12-5-4-11-21(24)28(22)31/h1-17H. The molecule has 0 radical (unpaired) electrons. The lowest BCUT2D eigenvalue weighted by Gasteiger charge is -2.19. The fourth-order valence-electron chi connectivity index (χ4n) is 4.56. The van der Waals surface area contributed by atoms with E-state index in [4.69, 9.17) is 0 Å². The zero-order valence-corrected chi connectivity index (χ0v) is 18.6. The van der Waals surface area contributed by atoms with Gasteiger partial charge in [-0.3, -0.25) is 9.59 Å². The van der Waals surface area contributed by atoms with Gasteiger partial charge in [0.2, 0.25) is 15.6 Å². The molecule has 0 bridgehead atoms. The smallest absolute Gasteiger partial charge is 0.210 e. The van der Waals surface area contributed by atoms with Crippen LogP contribution in [0, 0.1) is 0 Å². The van der Waals surface area contributed by atoms with Gasteiger partial charge in [-0.1, -0.05) is 54.6 Å². The molecule has 0 spiro atoms. The van der Waals surface area contributed by atoms with Gasteiger partial charge < -0.3 is 4.40 Å². The summed E-state index contributed by atoms with van der Waals surface area (Å²) in [7, 11) is -3.94. The predicted molar refractivity (Wildman–Crippen MR) is 128 cm³/mol. The molecule has 0 atom stereocenters. The van der Waals surface area contributed by atoms with Crippen LogP contribution in [0.1, 0.15) is 32.0 Å². The number of carbonyl (C=O) groups is 2. The van der Waals surface area contributed by atoms with Gasteiger partial charge in [-0.15, -0.1) is 0 Å². The molecule has 1 aliphatic rings. The van der Waals surface area contributed by atoms with Crippen molar-refractivity contribution in [1.29, 1.82) is 0 Å². The van der Waals surface area contributed by atoms with Crippen molar-refractivity contribution < 1.29 is 18.0 Å². The van der Waals surface area contributed by atoms with Gasteiger partial charge in [-0.25, -0.2) is 8.42 Å². The number of fused-ring (bicyclic) bond motifs is 3. The maximum Gasteiger partial charge on any atom is 0.210 e. The number of ketones is 2. The van der Waals surface area contributed by atoms with E-state index in [1.807, 2.05) is 60.8 Å². The van der Waals surface area contributed by atoms with Gasteiger partial charge in [0, 0.05) is 34.0 Å². The van der Waals surface area contributed by atoms with Crippen LogP contribution in [0.5, 0.6) is 0 Å². The van der Waals surface area contributed by atoms with E-state index in [2.05, 4.69) is 0 Å². The molecule has 0 N–H and O–H groups in total. The molecule has 1 aliphatic heterocycles. The number of pyridine rings is 1. The maximum atomic E-state index is 13.8. The van der Waals surface area contributed by atoms with Crippen LogP contribution >= 0.6 is 0 Å². The van der Waals surface area contributed by atoms with Crippen LogP contribution in [0.15, 0.2) is 113 Å². The molecule has 0 unspecified atom stereocenters. The lowest BCUT2D eigenvalue weighted by atomic mass is 9.97. The summed E-state index contributed by atoms with van der Waals surface area (Å²) in [6.45, 7) is 0. The van der Waals surface area contributed by atoms with Crippen molar-refractivity contribution >= 4 is 26.9 Å². The first-order chi connectivity index (χ1) is 16.5. The molecule has 5 nitrogen and oxygen atoms in total. The Morgan fingerprint density at radius 2 is 1.38 bits per heavy atom. The Hall–Kier alpha value is -4.29. The number of carbonyl (C=O) groups excluding carboxylic acids is 2. The number of rotatable bonds is 3. The van der Waals surface area contributed by atoms with E-state index < -0.39 is 9.84 Å². The molecule has 3 heterocycles. The summed E-state index contributed by atoms with van der Waals surface area (Å²) in [6.07, 6.45) is 1.81. The minimum Gasteiger partial charge on any atom is -0.313 e. The molecule has 0 amide bonds. The molecule has 6 rings (SSSR count).